The Hall–Kier alpha value is -1.33. The molecular formula is C9H8Cl2N4O. The first kappa shape index (κ1) is 11.2. The van der Waals surface area contributed by atoms with E-state index in [0.29, 0.717) is 5.16 Å². The number of nitrogens with zero attached hydrogens (tertiary/aromatic N) is 3. The Labute approximate surface area is 102 Å². The maximum Gasteiger partial charge on any atom is 0.246 e. The van der Waals surface area contributed by atoms with Crippen molar-refractivity contribution in [1.29, 1.82) is 0 Å². The summed E-state index contributed by atoms with van der Waals surface area (Å²) in [6.45, 7) is 0. The molecule has 1 N–H and O–H groups in total. The van der Waals surface area contributed by atoms with Crippen molar-refractivity contribution in [3.63, 3.8) is 0 Å². The van der Waals surface area contributed by atoms with Gasteiger partial charge in [0.2, 0.25) is 11.6 Å². The van der Waals surface area contributed by atoms with Gasteiger partial charge in [-0.3, -0.25) is 9.48 Å². The molecule has 0 amide bonds. The van der Waals surface area contributed by atoms with Crippen LogP contribution in [0, 0.1) is 0 Å². The van der Waals surface area contributed by atoms with E-state index in [-0.39, 0.29) is 5.82 Å². The minimum atomic E-state index is -1.41. The molecule has 0 aliphatic carbocycles. The molecular weight excluding hydrogens is 251 g/mol. The molecule has 0 fully saturated rings. The Morgan fingerprint density at radius 2 is 2.38 bits per heavy atom. The Morgan fingerprint density at radius 1 is 1.62 bits per heavy atom. The Bertz CT molecular complexity index is 493. The number of aromatic nitrogens is 3. The lowest BCUT2D eigenvalue weighted by Crippen LogP contribution is -2.45. The highest BCUT2D eigenvalue weighted by Crippen LogP contribution is 2.24. The average Bonchev–Trinajstić information content (AvgIpc) is 2.63. The van der Waals surface area contributed by atoms with Gasteiger partial charge in [0.1, 0.15) is 11.5 Å². The van der Waals surface area contributed by atoms with E-state index in [2.05, 4.69) is 15.4 Å². The molecule has 0 saturated carbocycles. The van der Waals surface area contributed by atoms with Crippen molar-refractivity contribution < 1.29 is 4.79 Å². The highest BCUT2D eigenvalue weighted by atomic mass is 35.5. The van der Waals surface area contributed by atoms with E-state index in [0.717, 1.165) is 0 Å². The van der Waals surface area contributed by atoms with Crippen molar-refractivity contribution in [3.8, 4) is 0 Å². The summed E-state index contributed by atoms with van der Waals surface area (Å²) in [7, 11) is 1.67. The number of aryl methyl sites for hydroxylation is 1. The zero-order valence-electron chi connectivity index (χ0n) is 8.32. The van der Waals surface area contributed by atoms with Crippen LogP contribution in [0.2, 0.25) is 0 Å². The maximum absolute atomic E-state index is 12.0. The fourth-order valence-electron chi connectivity index (χ4n) is 1.26. The molecule has 1 aliphatic heterocycles. The van der Waals surface area contributed by atoms with E-state index >= 15 is 0 Å². The summed E-state index contributed by atoms with van der Waals surface area (Å²) in [5, 5.41) is 6.85. The van der Waals surface area contributed by atoms with E-state index in [9.17, 15) is 4.79 Å². The fourth-order valence-corrected chi connectivity index (χ4v) is 1.79. The topological polar surface area (TPSA) is 59.8 Å². The van der Waals surface area contributed by atoms with Crippen LogP contribution >= 0.6 is 23.2 Å². The minimum absolute atomic E-state index is 0.0426. The number of allylic oxidation sites excluding steroid dienone is 2. The van der Waals surface area contributed by atoms with Gasteiger partial charge in [-0.15, -0.1) is 5.10 Å². The first-order valence-corrected chi connectivity index (χ1v) is 5.19. The zero-order valence-corrected chi connectivity index (χ0v) is 9.83. The summed E-state index contributed by atoms with van der Waals surface area (Å²) in [4.78, 5) is 14.4. The van der Waals surface area contributed by atoms with Gasteiger partial charge in [0.25, 0.3) is 0 Å². The van der Waals surface area contributed by atoms with Gasteiger partial charge in [-0.1, -0.05) is 29.3 Å². The van der Waals surface area contributed by atoms with E-state index < -0.39 is 10.8 Å². The number of carbonyl (C=O) groups excluding carboxylic acids is 1. The molecule has 2 heterocycles. The van der Waals surface area contributed by atoms with E-state index in [4.69, 9.17) is 23.2 Å². The summed E-state index contributed by atoms with van der Waals surface area (Å²) in [6, 6.07) is 0. The van der Waals surface area contributed by atoms with Crippen molar-refractivity contribution in [2.75, 3.05) is 0 Å². The number of carbonyl (C=O) groups is 1. The third-order valence-corrected chi connectivity index (χ3v) is 2.62. The number of alkyl halides is 1. The molecule has 1 unspecified atom stereocenters. The van der Waals surface area contributed by atoms with Gasteiger partial charge in [0.15, 0.2) is 5.00 Å². The van der Waals surface area contributed by atoms with Crippen molar-refractivity contribution in [3.05, 3.63) is 35.5 Å². The van der Waals surface area contributed by atoms with Gasteiger partial charge in [-0.05, 0) is 12.2 Å². The van der Waals surface area contributed by atoms with Crippen LogP contribution in [0.25, 0.3) is 0 Å². The first-order valence-electron chi connectivity index (χ1n) is 4.44. The van der Waals surface area contributed by atoms with Crippen LogP contribution in [0.1, 0.15) is 10.6 Å². The second-order valence-electron chi connectivity index (χ2n) is 3.28. The molecule has 1 aliphatic rings. The predicted octanol–water partition coefficient (Wildman–Crippen LogP) is 1.17. The van der Waals surface area contributed by atoms with Crippen molar-refractivity contribution in [2.45, 2.75) is 5.00 Å². The summed E-state index contributed by atoms with van der Waals surface area (Å²) < 4.78 is 1.43. The summed E-state index contributed by atoms with van der Waals surface area (Å²) in [5.41, 5.74) is 0. The third kappa shape index (κ3) is 1.96. The van der Waals surface area contributed by atoms with Crippen LogP contribution in [0.5, 0.6) is 0 Å². The average molecular weight is 259 g/mol. The van der Waals surface area contributed by atoms with Gasteiger partial charge < -0.3 is 5.32 Å². The number of nitrogens with one attached hydrogen (secondary N) is 1. The second kappa shape index (κ2) is 3.92. The second-order valence-corrected chi connectivity index (χ2v) is 4.28. The van der Waals surface area contributed by atoms with Gasteiger partial charge in [0.05, 0.1) is 0 Å². The first-order chi connectivity index (χ1) is 7.51. The summed E-state index contributed by atoms with van der Waals surface area (Å²) in [5.74, 6) is -0.404. The molecule has 1 aromatic heterocycles. The molecule has 0 radical (unpaired) electrons. The molecule has 7 heteroatoms. The SMILES string of the molecule is Cn1cnc(C(=O)C2(Cl)C=CC=C(Cl)N2)n1. The number of Topliss-reactive ketones (excluding diaryl/α,β-unsaturated/α-hetero) is 1. The van der Waals surface area contributed by atoms with E-state index in [1.54, 1.807) is 19.2 Å². The molecule has 0 aromatic carbocycles. The minimum Gasteiger partial charge on any atom is -0.348 e. The molecule has 1 aromatic rings. The predicted molar refractivity (Wildman–Crippen MR) is 60.1 cm³/mol. The largest absolute Gasteiger partial charge is 0.348 e. The van der Waals surface area contributed by atoms with Gasteiger partial charge in [-0.25, -0.2) is 4.98 Å². The molecule has 84 valence electrons. The van der Waals surface area contributed by atoms with E-state index in [1.807, 2.05) is 0 Å². The lowest BCUT2D eigenvalue weighted by Gasteiger charge is -2.24. The number of rotatable bonds is 2. The lowest BCUT2D eigenvalue weighted by atomic mass is 10.1. The van der Waals surface area contributed by atoms with Crippen molar-refractivity contribution in [2.24, 2.45) is 7.05 Å². The summed E-state index contributed by atoms with van der Waals surface area (Å²) >= 11 is 11.9. The number of hydrogen-bond donors (Lipinski definition) is 1. The van der Waals surface area contributed by atoms with Gasteiger partial charge >= 0.3 is 0 Å². The van der Waals surface area contributed by atoms with Crippen LogP contribution in [0.4, 0.5) is 0 Å². The van der Waals surface area contributed by atoms with Crippen LogP contribution < -0.4 is 5.32 Å². The number of halogens is 2. The van der Waals surface area contributed by atoms with Gasteiger partial charge in [0, 0.05) is 7.05 Å². The highest BCUT2D eigenvalue weighted by molar-refractivity contribution is 6.40. The molecule has 2 rings (SSSR count). The molecule has 0 spiro atoms. The van der Waals surface area contributed by atoms with Crippen molar-refractivity contribution in [1.82, 2.24) is 20.1 Å². The third-order valence-electron chi connectivity index (χ3n) is 2.00. The normalized spacial score (nSPS) is 23.8. The Balaban J connectivity index is 2.29. The number of dihydropyridines is 1. The van der Waals surface area contributed by atoms with Crippen LogP contribution in [-0.2, 0) is 7.05 Å². The molecule has 16 heavy (non-hydrogen) atoms. The number of ketones is 1. The van der Waals surface area contributed by atoms with Crippen LogP contribution in [-0.4, -0.2) is 25.5 Å². The smallest absolute Gasteiger partial charge is 0.246 e. The molecule has 0 saturated heterocycles. The lowest BCUT2D eigenvalue weighted by molar-refractivity contribution is 0.0938. The van der Waals surface area contributed by atoms with Gasteiger partial charge in [-0.2, -0.15) is 0 Å². The fraction of sp³-hybridized carbons (Fsp3) is 0.222. The molecule has 5 nitrogen and oxygen atoms in total. The monoisotopic (exact) mass is 258 g/mol. The Morgan fingerprint density at radius 3 is 2.94 bits per heavy atom. The zero-order chi connectivity index (χ0) is 11.8. The quantitative estimate of drug-likeness (QED) is 0.492. The highest BCUT2D eigenvalue weighted by Gasteiger charge is 2.38. The van der Waals surface area contributed by atoms with Crippen LogP contribution in [0.3, 0.4) is 0 Å². The van der Waals surface area contributed by atoms with Crippen LogP contribution in [0.15, 0.2) is 29.7 Å². The Kier molecular flexibility index (Phi) is 2.73. The standard InChI is InChI=1S/C9H8Cl2N4O/c1-15-5-12-8(14-15)7(16)9(11)4-2-3-6(10)13-9/h2-5,13H,1H3. The number of hydrogen-bond acceptors (Lipinski definition) is 4. The molecule has 0 bridgehead atoms. The van der Waals surface area contributed by atoms with Crippen molar-refractivity contribution >= 4 is 29.0 Å². The maximum atomic E-state index is 12.0. The molecule has 1 atom stereocenters. The summed E-state index contributed by atoms with van der Waals surface area (Å²) in [6.07, 6.45) is 6.13. The van der Waals surface area contributed by atoms with E-state index in [1.165, 1.54) is 17.1 Å².